The van der Waals surface area contributed by atoms with Crippen molar-refractivity contribution in [3.63, 3.8) is 0 Å². The van der Waals surface area contributed by atoms with Crippen molar-refractivity contribution in [1.82, 2.24) is 13.9 Å². The molecule has 0 aromatic rings. The van der Waals surface area contributed by atoms with Crippen LogP contribution in [0.15, 0.2) is 0 Å². The fraction of sp³-hybridized carbons (Fsp3) is 1.00. The highest BCUT2D eigenvalue weighted by molar-refractivity contribution is 7.86. The summed E-state index contributed by atoms with van der Waals surface area (Å²) >= 11 is 0. The van der Waals surface area contributed by atoms with Crippen LogP contribution in [0.25, 0.3) is 0 Å². The highest BCUT2D eigenvalue weighted by Gasteiger charge is 2.34. The predicted molar refractivity (Wildman–Crippen MR) is 74.6 cm³/mol. The predicted octanol–water partition coefficient (Wildman–Crippen LogP) is 0.891. The lowest BCUT2D eigenvalue weighted by Gasteiger charge is -2.37. The van der Waals surface area contributed by atoms with Gasteiger partial charge >= 0.3 is 0 Å². The quantitative estimate of drug-likeness (QED) is 0.812. The summed E-state index contributed by atoms with van der Waals surface area (Å²) < 4.78 is 27.9. The Balaban J connectivity index is 2.77. The summed E-state index contributed by atoms with van der Waals surface area (Å²) in [6, 6.07) is 0.351. The van der Waals surface area contributed by atoms with Crippen LogP contribution in [0, 0.1) is 5.92 Å². The van der Waals surface area contributed by atoms with E-state index < -0.39 is 10.2 Å². The first kappa shape index (κ1) is 15.9. The molecule has 0 aliphatic carbocycles. The van der Waals surface area contributed by atoms with Gasteiger partial charge in [-0.3, -0.25) is 0 Å². The minimum atomic E-state index is -3.30. The fourth-order valence-corrected chi connectivity index (χ4v) is 3.91. The van der Waals surface area contributed by atoms with E-state index in [4.69, 9.17) is 0 Å². The molecule has 6 heteroatoms. The lowest BCUT2D eigenvalue weighted by Crippen LogP contribution is -2.51. The average molecular weight is 277 g/mol. The number of rotatable bonds is 5. The van der Waals surface area contributed by atoms with Crippen molar-refractivity contribution in [3.05, 3.63) is 0 Å². The van der Waals surface area contributed by atoms with Gasteiger partial charge in [-0.15, -0.1) is 0 Å². The zero-order chi connectivity index (χ0) is 13.9. The summed E-state index contributed by atoms with van der Waals surface area (Å²) in [6.07, 6.45) is 2.04. The van der Waals surface area contributed by atoms with E-state index in [9.17, 15) is 8.42 Å². The van der Waals surface area contributed by atoms with E-state index in [0.29, 0.717) is 25.0 Å². The zero-order valence-corrected chi connectivity index (χ0v) is 13.0. The van der Waals surface area contributed by atoms with Crippen LogP contribution in [-0.4, -0.2) is 56.3 Å². The number of nitrogens with zero attached hydrogens (tertiary/aromatic N) is 2. The molecule has 0 aromatic carbocycles. The molecule has 1 saturated heterocycles. The molecule has 2 atom stereocenters. The topological polar surface area (TPSA) is 52.7 Å². The van der Waals surface area contributed by atoms with Crippen LogP contribution in [0.4, 0.5) is 0 Å². The molecule has 18 heavy (non-hydrogen) atoms. The summed E-state index contributed by atoms with van der Waals surface area (Å²) in [4.78, 5) is 0. The maximum Gasteiger partial charge on any atom is 0.281 e. The lowest BCUT2D eigenvalue weighted by atomic mass is 9.93. The van der Waals surface area contributed by atoms with Gasteiger partial charge in [-0.2, -0.15) is 17.0 Å². The second kappa shape index (κ2) is 6.32. The van der Waals surface area contributed by atoms with Gasteiger partial charge in [0.05, 0.1) is 0 Å². The summed E-state index contributed by atoms with van der Waals surface area (Å²) in [5, 5.41) is 3.22. The van der Waals surface area contributed by atoms with Crippen LogP contribution in [0.2, 0.25) is 0 Å². The molecule has 1 aliphatic heterocycles. The highest BCUT2D eigenvalue weighted by atomic mass is 32.2. The first-order valence-corrected chi connectivity index (χ1v) is 8.10. The van der Waals surface area contributed by atoms with E-state index in [1.165, 1.54) is 4.31 Å². The summed E-state index contributed by atoms with van der Waals surface area (Å²) in [5.74, 6) is 0.402. The molecule has 1 fully saturated rings. The molecule has 2 unspecified atom stereocenters. The largest absolute Gasteiger partial charge is 0.317 e. The van der Waals surface area contributed by atoms with Crippen LogP contribution in [0.1, 0.15) is 33.6 Å². The average Bonchev–Trinajstić information content (AvgIpc) is 2.36. The number of hydrogen-bond donors (Lipinski definition) is 1. The van der Waals surface area contributed by atoms with Gasteiger partial charge < -0.3 is 5.32 Å². The van der Waals surface area contributed by atoms with E-state index in [-0.39, 0.29) is 6.04 Å². The van der Waals surface area contributed by atoms with Crippen LogP contribution >= 0.6 is 0 Å². The first-order valence-electron chi connectivity index (χ1n) is 6.71. The van der Waals surface area contributed by atoms with Crippen molar-refractivity contribution in [2.24, 2.45) is 5.92 Å². The SMILES string of the molecule is CNC(C)C1CCCN(S(=O)(=O)N(C)C(C)C)C1. The Morgan fingerprint density at radius 3 is 2.44 bits per heavy atom. The molecule has 0 spiro atoms. The van der Waals surface area contributed by atoms with Crippen LogP contribution in [-0.2, 0) is 10.2 Å². The molecule has 1 aliphatic rings. The molecule has 0 saturated carbocycles. The van der Waals surface area contributed by atoms with Gasteiger partial charge in [-0.05, 0) is 46.6 Å². The summed E-state index contributed by atoms with van der Waals surface area (Å²) in [7, 11) is 0.290. The molecular formula is C12H27N3O2S. The van der Waals surface area contributed by atoms with Crippen LogP contribution < -0.4 is 5.32 Å². The van der Waals surface area contributed by atoms with Crippen molar-refractivity contribution in [2.45, 2.75) is 45.7 Å². The van der Waals surface area contributed by atoms with Crippen LogP contribution in [0.3, 0.4) is 0 Å². The van der Waals surface area contributed by atoms with Crippen molar-refractivity contribution in [3.8, 4) is 0 Å². The summed E-state index contributed by atoms with van der Waals surface area (Å²) in [6.45, 7) is 7.19. The van der Waals surface area contributed by atoms with E-state index in [2.05, 4.69) is 12.2 Å². The standard InChI is InChI=1S/C12H27N3O2S/c1-10(2)14(5)18(16,17)15-8-6-7-12(9-15)11(3)13-4/h10-13H,6-9H2,1-5H3. The lowest BCUT2D eigenvalue weighted by molar-refractivity contribution is 0.216. The fourth-order valence-electron chi connectivity index (χ4n) is 2.28. The smallest absolute Gasteiger partial charge is 0.281 e. The van der Waals surface area contributed by atoms with Gasteiger partial charge in [-0.25, -0.2) is 0 Å². The first-order chi connectivity index (χ1) is 8.30. The highest BCUT2D eigenvalue weighted by Crippen LogP contribution is 2.23. The Morgan fingerprint density at radius 1 is 1.33 bits per heavy atom. The molecule has 1 N–H and O–H groups in total. The second-order valence-electron chi connectivity index (χ2n) is 5.46. The molecule has 0 amide bonds. The Morgan fingerprint density at radius 2 is 1.94 bits per heavy atom. The molecule has 108 valence electrons. The van der Waals surface area contributed by atoms with Crippen molar-refractivity contribution >= 4 is 10.2 Å². The van der Waals surface area contributed by atoms with Gasteiger partial charge in [0.2, 0.25) is 0 Å². The maximum absolute atomic E-state index is 12.4. The van der Waals surface area contributed by atoms with Crippen molar-refractivity contribution < 1.29 is 8.42 Å². The van der Waals surface area contributed by atoms with Crippen molar-refractivity contribution in [1.29, 1.82) is 0 Å². The van der Waals surface area contributed by atoms with E-state index >= 15 is 0 Å². The third-order valence-electron chi connectivity index (χ3n) is 4.00. The zero-order valence-electron chi connectivity index (χ0n) is 12.2. The molecule has 0 bridgehead atoms. The Hall–Kier alpha value is -0.170. The molecular weight excluding hydrogens is 250 g/mol. The Bertz CT molecular complexity index is 356. The molecule has 1 heterocycles. The third-order valence-corrected chi connectivity index (χ3v) is 6.13. The third kappa shape index (κ3) is 3.44. The van der Waals surface area contributed by atoms with Crippen LogP contribution in [0.5, 0.6) is 0 Å². The van der Waals surface area contributed by atoms with Crippen molar-refractivity contribution in [2.75, 3.05) is 27.2 Å². The molecule has 5 nitrogen and oxygen atoms in total. The monoisotopic (exact) mass is 277 g/mol. The van der Waals surface area contributed by atoms with E-state index in [1.807, 2.05) is 20.9 Å². The molecule has 0 aromatic heterocycles. The Labute approximate surface area is 112 Å². The minimum absolute atomic E-state index is 0.00269. The van der Waals surface area contributed by atoms with Gasteiger partial charge in [0.1, 0.15) is 0 Å². The second-order valence-corrected chi connectivity index (χ2v) is 7.44. The van der Waals surface area contributed by atoms with Gasteiger partial charge in [0, 0.05) is 32.2 Å². The summed E-state index contributed by atoms with van der Waals surface area (Å²) in [5.41, 5.74) is 0. The number of nitrogens with one attached hydrogen (secondary N) is 1. The van der Waals surface area contributed by atoms with Gasteiger partial charge in [0.15, 0.2) is 0 Å². The van der Waals surface area contributed by atoms with E-state index in [1.54, 1.807) is 11.4 Å². The minimum Gasteiger partial charge on any atom is -0.317 e. The van der Waals surface area contributed by atoms with Gasteiger partial charge in [0.25, 0.3) is 10.2 Å². The normalized spacial score (nSPS) is 24.7. The molecule has 1 rings (SSSR count). The number of piperidine rings is 1. The molecule has 0 radical (unpaired) electrons. The van der Waals surface area contributed by atoms with Gasteiger partial charge in [-0.1, -0.05) is 0 Å². The number of hydrogen-bond acceptors (Lipinski definition) is 3. The maximum atomic E-state index is 12.4. The Kier molecular flexibility index (Phi) is 5.58. The van der Waals surface area contributed by atoms with E-state index in [0.717, 1.165) is 12.8 Å².